The zero-order valence-electron chi connectivity index (χ0n) is 18.4. The van der Waals surface area contributed by atoms with Gasteiger partial charge < -0.3 is 23.1 Å². The van der Waals surface area contributed by atoms with Gasteiger partial charge in [-0.1, -0.05) is 17.7 Å². The first-order chi connectivity index (χ1) is 13.9. The van der Waals surface area contributed by atoms with Gasteiger partial charge in [0.25, 0.3) is 0 Å². The first-order valence-corrected chi connectivity index (χ1v) is 14.7. The molecule has 8 heteroatoms. The van der Waals surface area contributed by atoms with E-state index in [0.29, 0.717) is 19.8 Å². The van der Waals surface area contributed by atoms with E-state index < -0.39 is 8.80 Å². The number of rotatable bonds is 11. The number of anilines is 1. The molecule has 1 aliphatic heterocycles. The van der Waals surface area contributed by atoms with Crippen molar-refractivity contribution < 1.29 is 33.3 Å². The molecule has 0 atom stereocenters. The summed E-state index contributed by atoms with van der Waals surface area (Å²) in [4.78, 5) is 4.43. The SMILES string of the molecule is CCO[Si](CCCN1C=CN(c2c(C)cc(C)cc2C)[CH-]1)(OCC)OCC.[Cl][Au]. The summed E-state index contributed by atoms with van der Waals surface area (Å²) < 4.78 is 17.8. The van der Waals surface area contributed by atoms with Crippen LogP contribution in [0.4, 0.5) is 5.69 Å². The van der Waals surface area contributed by atoms with E-state index in [0.717, 1.165) is 19.0 Å². The van der Waals surface area contributed by atoms with Gasteiger partial charge in [-0.3, -0.25) is 0 Å². The van der Waals surface area contributed by atoms with Crippen LogP contribution in [-0.4, -0.2) is 40.1 Å². The summed E-state index contributed by atoms with van der Waals surface area (Å²) in [5, 5.41) is 0. The van der Waals surface area contributed by atoms with Gasteiger partial charge in [0.05, 0.1) is 0 Å². The zero-order chi connectivity index (χ0) is 21.9. The fraction of sp³-hybridized carbons (Fsp3) is 0.571. The Balaban J connectivity index is 0.00000204. The van der Waals surface area contributed by atoms with Crippen molar-refractivity contribution in [3.05, 3.63) is 47.9 Å². The van der Waals surface area contributed by atoms with Gasteiger partial charge in [-0.15, -0.1) is 0 Å². The van der Waals surface area contributed by atoms with Crippen molar-refractivity contribution in [1.82, 2.24) is 4.90 Å². The summed E-state index contributed by atoms with van der Waals surface area (Å²) in [7, 11) is 2.03. The average Bonchev–Trinajstić information content (AvgIpc) is 3.11. The Morgan fingerprint density at radius 3 is 1.93 bits per heavy atom. The predicted octanol–water partition coefficient (Wildman–Crippen LogP) is 5.45. The molecule has 0 spiro atoms. The van der Waals surface area contributed by atoms with Gasteiger partial charge in [0.15, 0.2) is 0 Å². The monoisotopic (exact) mass is 623 g/mol. The van der Waals surface area contributed by atoms with E-state index in [-0.39, 0.29) is 0 Å². The molecule has 1 aromatic carbocycles. The molecule has 29 heavy (non-hydrogen) atoms. The van der Waals surface area contributed by atoms with Crippen molar-refractivity contribution in [1.29, 1.82) is 0 Å². The molecule has 0 radical (unpaired) electrons. The van der Waals surface area contributed by atoms with Crippen LogP contribution in [0.3, 0.4) is 0 Å². The fourth-order valence-electron chi connectivity index (χ4n) is 3.72. The molecule has 1 aliphatic rings. The van der Waals surface area contributed by atoms with Crippen LogP contribution < -0.4 is 4.90 Å². The molecular formula is C21H35AuClN2O3Si-. The number of hydrogen-bond acceptors (Lipinski definition) is 5. The standard InChI is InChI=1S/C21H35N2O3Si.Au.ClH/c1-7-24-27(25-8-2,26-9-3)14-10-11-22-12-13-23(17-22)21-19(5)15-18(4)16-20(21)6;;/h12-13,15-17H,7-11,14H2,1-6H3;;1H/q-1;+1;/p-1. The fourth-order valence-corrected chi connectivity index (χ4v) is 6.31. The Kier molecular flexibility index (Phi) is 12.8. The summed E-state index contributed by atoms with van der Waals surface area (Å²) >= 11 is 1.75. The molecule has 1 aromatic rings. The second-order valence-electron chi connectivity index (χ2n) is 6.89. The summed E-state index contributed by atoms with van der Waals surface area (Å²) in [6.45, 7) is 17.4. The van der Waals surface area contributed by atoms with Crippen molar-refractivity contribution in [2.75, 3.05) is 31.3 Å². The van der Waals surface area contributed by atoms with Gasteiger partial charge >= 0.3 is 38.0 Å². The van der Waals surface area contributed by atoms with Gasteiger partial charge in [0.2, 0.25) is 0 Å². The minimum absolute atomic E-state index is 0.627. The Bertz CT molecular complexity index is 608. The molecule has 0 saturated carbocycles. The zero-order valence-corrected chi connectivity index (χ0v) is 22.4. The van der Waals surface area contributed by atoms with Crippen LogP contribution in [0.25, 0.3) is 0 Å². The first-order valence-electron chi connectivity index (χ1n) is 10.1. The topological polar surface area (TPSA) is 34.2 Å². The van der Waals surface area contributed by atoms with Gasteiger partial charge in [-0.2, -0.15) is 6.67 Å². The maximum absolute atomic E-state index is 5.95. The first kappa shape index (κ1) is 26.7. The molecule has 0 fully saturated rings. The molecule has 0 amide bonds. The van der Waals surface area contributed by atoms with Crippen molar-refractivity contribution in [2.24, 2.45) is 0 Å². The average molecular weight is 624 g/mol. The van der Waals surface area contributed by atoms with E-state index in [4.69, 9.17) is 13.3 Å². The number of hydrogen-bond donors (Lipinski definition) is 0. The number of aryl methyl sites for hydroxylation is 3. The van der Waals surface area contributed by atoms with Gasteiger partial charge in [0, 0.05) is 31.6 Å². The van der Waals surface area contributed by atoms with Gasteiger partial charge in [0.1, 0.15) is 0 Å². The maximum atomic E-state index is 5.95. The van der Waals surface area contributed by atoms with E-state index in [2.05, 4.69) is 71.0 Å². The summed E-state index contributed by atoms with van der Waals surface area (Å²) in [5.74, 6) is 0. The Labute approximate surface area is 194 Å². The van der Waals surface area contributed by atoms with E-state index in [9.17, 15) is 0 Å². The number of benzene rings is 1. The predicted molar refractivity (Wildman–Crippen MR) is 119 cm³/mol. The molecule has 0 aliphatic carbocycles. The molecule has 0 unspecified atom stereocenters. The van der Waals surface area contributed by atoms with Crippen molar-refractivity contribution in [3.8, 4) is 0 Å². The van der Waals surface area contributed by atoms with Gasteiger partial charge in [-0.25, -0.2) is 0 Å². The van der Waals surface area contributed by atoms with Crippen LogP contribution >= 0.6 is 9.19 Å². The summed E-state index contributed by atoms with van der Waals surface area (Å²) in [6, 6.07) is 5.31. The van der Waals surface area contributed by atoms with Crippen LogP contribution in [0.5, 0.6) is 0 Å². The van der Waals surface area contributed by atoms with E-state index in [1.165, 1.54) is 22.4 Å². The molecule has 1 heterocycles. The Morgan fingerprint density at radius 1 is 0.931 bits per heavy atom. The third-order valence-corrected chi connectivity index (χ3v) is 7.73. The van der Waals surface area contributed by atoms with Crippen LogP contribution in [0.2, 0.25) is 6.04 Å². The normalized spacial score (nSPS) is 13.7. The molecule has 2 rings (SSSR count). The minimum atomic E-state index is -2.55. The van der Waals surface area contributed by atoms with E-state index in [1.54, 1.807) is 20.0 Å². The molecular weight excluding hydrogens is 589 g/mol. The van der Waals surface area contributed by atoms with Crippen LogP contribution in [0, 0.1) is 27.4 Å². The van der Waals surface area contributed by atoms with E-state index >= 15 is 0 Å². The Morgan fingerprint density at radius 2 is 1.45 bits per heavy atom. The van der Waals surface area contributed by atoms with Crippen molar-refractivity contribution >= 4 is 23.7 Å². The molecule has 0 N–H and O–H groups in total. The van der Waals surface area contributed by atoms with E-state index in [1.807, 2.05) is 20.8 Å². The number of halogens is 1. The molecule has 5 nitrogen and oxygen atoms in total. The van der Waals surface area contributed by atoms with Crippen molar-refractivity contribution in [3.63, 3.8) is 0 Å². The third kappa shape index (κ3) is 8.03. The molecule has 170 valence electrons. The Hall–Kier alpha value is -0.313. The molecule has 0 bridgehead atoms. The third-order valence-electron chi connectivity index (χ3n) is 4.58. The summed E-state index contributed by atoms with van der Waals surface area (Å²) in [5.41, 5.74) is 5.16. The quantitative estimate of drug-likeness (QED) is 0.242. The second-order valence-corrected chi connectivity index (χ2v) is 9.62. The summed E-state index contributed by atoms with van der Waals surface area (Å²) in [6.07, 6.45) is 5.22. The molecule has 0 saturated heterocycles. The van der Waals surface area contributed by atoms with Crippen molar-refractivity contribution in [2.45, 2.75) is 54.0 Å². The van der Waals surface area contributed by atoms with Crippen LogP contribution in [0.1, 0.15) is 43.9 Å². The van der Waals surface area contributed by atoms with Crippen LogP contribution in [-0.2, 0) is 33.3 Å². The number of nitrogens with zero attached hydrogens (tertiary/aromatic N) is 2. The second kappa shape index (κ2) is 13.9. The van der Waals surface area contributed by atoms with Gasteiger partial charge in [-0.05, 0) is 78.0 Å². The molecule has 0 aromatic heterocycles. The van der Waals surface area contributed by atoms with Crippen LogP contribution in [0.15, 0.2) is 24.5 Å².